The fraction of sp³-hybridized carbons (Fsp3) is 0.250. The molecule has 0 N–H and O–H groups in total. The van der Waals surface area contributed by atoms with Crippen LogP contribution in [0.15, 0.2) is 63.9 Å². The molecule has 0 bridgehead atoms. The summed E-state index contributed by atoms with van der Waals surface area (Å²) in [5, 5.41) is 5.94. The predicted octanol–water partition coefficient (Wildman–Crippen LogP) is 4.93. The second-order valence-corrected chi connectivity index (χ2v) is 8.57. The zero-order chi connectivity index (χ0) is 22.6. The van der Waals surface area contributed by atoms with E-state index in [4.69, 9.17) is 9.26 Å². The molecule has 0 saturated carbocycles. The molecule has 0 radical (unpaired) electrons. The number of halogens is 1. The second kappa shape index (κ2) is 9.50. The van der Waals surface area contributed by atoms with Gasteiger partial charge >= 0.3 is 0 Å². The Labute approximate surface area is 193 Å². The number of hydrogen-bond acceptors (Lipinski definition) is 7. The van der Waals surface area contributed by atoms with Gasteiger partial charge in [-0.25, -0.2) is 9.37 Å². The van der Waals surface area contributed by atoms with Crippen molar-refractivity contribution in [2.45, 2.75) is 25.4 Å². The number of carbonyl (C=O) groups is 1. The third-order valence-electron chi connectivity index (χ3n) is 5.53. The molecule has 2 aromatic heterocycles. The first-order valence-corrected chi connectivity index (χ1v) is 11.6. The minimum absolute atomic E-state index is 0.0660. The van der Waals surface area contributed by atoms with Gasteiger partial charge in [-0.05, 0) is 43.2 Å². The van der Waals surface area contributed by atoms with E-state index in [1.54, 1.807) is 34.7 Å². The van der Waals surface area contributed by atoms with Crippen LogP contribution in [-0.4, -0.2) is 39.0 Å². The molecule has 1 amide bonds. The Hall–Kier alpha value is -3.59. The lowest BCUT2D eigenvalue weighted by Crippen LogP contribution is -2.39. The Morgan fingerprint density at radius 2 is 2.15 bits per heavy atom. The molecule has 0 aliphatic carbocycles. The van der Waals surface area contributed by atoms with Gasteiger partial charge in [0, 0.05) is 29.6 Å². The van der Waals surface area contributed by atoms with Crippen LogP contribution >= 0.6 is 11.3 Å². The fourth-order valence-electron chi connectivity index (χ4n) is 3.88. The number of likely N-dealkylation sites (tertiary alicyclic amines) is 1. The molecule has 7 nitrogen and oxygen atoms in total. The van der Waals surface area contributed by atoms with Crippen molar-refractivity contribution in [2.24, 2.45) is 0 Å². The molecule has 2 aromatic carbocycles. The SMILES string of the molecule is O=C(c1cccc(OCc2cscn2)c1)N1CCCC(c2nc(-c3cccc(F)c3)no2)C1. The van der Waals surface area contributed by atoms with Crippen LogP contribution < -0.4 is 4.74 Å². The van der Waals surface area contributed by atoms with E-state index in [2.05, 4.69) is 15.1 Å². The Balaban J connectivity index is 1.26. The molecular formula is C24H21FN4O3S. The number of benzene rings is 2. The van der Waals surface area contributed by atoms with Gasteiger partial charge in [0.25, 0.3) is 5.91 Å². The molecule has 1 unspecified atom stereocenters. The van der Waals surface area contributed by atoms with Gasteiger partial charge in [-0.15, -0.1) is 11.3 Å². The van der Waals surface area contributed by atoms with E-state index >= 15 is 0 Å². The van der Waals surface area contributed by atoms with Gasteiger partial charge in [-0.2, -0.15) is 4.98 Å². The molecule has 33 heavy (non-hydrogen) atoms. The Kier molecular flexibility index (Phi) is 6.12. The first-order chi connectivity index (χ1) is 16.2. The van der Waals surface area contributed by atoms with Crippen LogP contribution in [0.5, 0.6) is 5.75 Å². The molecule has 1 atom stereocenters. The Bertz CT molecular complexity index is 1240. The summed E-state index contributed by atoms with van der Waals surface area (Å²) in [4.78, 5) is 23.7. The van der Waals surface area contributed by atoms with E-state index in [9.17, 15) is 9.18 Å². The molecule has 1 aliphatic heterocycles. The minimum Gasteiger partial charge on any atom is -0.487 e. The van der Waals surface area contributed by atoms with Crippen LogP contribution in [-0.2, 0) is 6.61 Å². The molecule has 9 heteroatoms. The highest BCUT2D eigenvalue weighted by Gasteiger charge is 2.29. The number of amides is 1. The molecule has 1 fully saturated rings. The minimum atomic E-state index is -0.355. The highest BCUT2D eigenvalue weighted by Crippen LogP contribution is 2.29. The van der Waals surface area contributed by atoms with E-state index in [1.807, 2.05) is 17.5 Å². The average molecular weight is 465 g/mol. The van der Waals surface area contributed by atoms with Crippen LogP contribution in [0.4, 0.5) is 4.39 Å². The summed E-state index contributed by atoms with van der Waals surface area (Å²) in [6.07, 6.45) is 1.67. The van der Waals surface area contributed by atoms with Crippen molar-refractivity contribution in [3.63, 3.8) is 0 Å². The number of rotatable bonds is 6. The van der Waals surface area contributed by atoms with Gasteiger partial charge in [0.1, 0.15) is 18.2 Å². The van der Waals surface area contributed by atoms with Crippen molar-refractivity contribution < 1.29 is 18.4 Å². The van der Waals surface area contributed by atoms with Crippen LogP contribution in [0, 0.1) is 5.82 Å². The zero-order valence-corrected chi connectivity index (χ0v) is 18.5. The molecular weight excluding hydrogens is 443 g/mol. The van der Waals surface area contributed by atoms with Crippen molar-refractivity contribution in [1.82, 2.24) is 20.0 Å². The Morgan fingerprint density at radius 1 is 1.24 bits per heavy atom. The highest BCUT2D eigenvalue weighted by molar-refractivity contribution is 7.07. The van der Waals surface area contributed by atoms with Crippen LogP contribution in [0.1, 0.15) is 40.7 Å². The summed E-state index contributed by atoms with van der Waals surface area (Å²) >= 11 is 1.51. The van der Waals surface area contributed by atoms with Crippen molar-refractivity contribution in [3.05, 3.63) is 82.4 Å². The van der Waals surface area contributed by atoms with Gasteiger partial charge in [0.15, 0.2) is 0 Å². The summed E-state index contributed by atoms with van der Waals surface area (Å²) < 4.78 is 24.8. The first-order valence-electron chi connectivity index (χ1n) is 10.6. The summed E-state index contributed by atoms with van der Waals surface area (Å²) in [5.41, 5.74) is 3.74. The van der Waals surface area contributed by atoms with Crippen molar-refractivity contribution in [3.8, 4) is 17.1 Å². The quantitative estimate of drug-likeness (QED) is 0.402. The maximum Gasteiger partial charge on any atom is 0.254 e. The Morgan fingerprint density at radius 3 is 3.00 bits per heavy atom. The third-order valence-corrected chi connectivity index (χ3v) is 6.17. The number of piperidine rings is 1. The van der Waals surface area contributed by atoms with E-state index < -0.39 is 0 Å². The standard InChI is InChI=1S/C24H21FN4O3S/c25-19-7-1-4-16(10-19)22-27-23(32-28-22)18-6-3-9-29(12-18)24(30)17-5-2-8-21(11-17)31-13-20-14-33-15-26-20/h1-2,4-5,7-8,10-11,14-15,18H,3,6,9,12-13H2. The smallest absolute Gasteiger partial charge is 0.254 e. The number of hydrogen-bond donors (Lipinski definition) is 0. The van der Waals surface area contributed by atoms with Crippen LogP contribution in [0.25, 0.3) is 11.4 Å². The van der Waals surface area contributed by atoms with E-state index in [-0.39, 0.29) is 17.6 Å². The van der Waals surface area contributed by atoms with Gasteiger partial charge in [-0.3, -0.25) is 4.79 Å². The number of aromatic nitrogens is 3. The van der Waals surface area contributed by atoms with Crippen molar-refractivity contribution in [2.75, 3.05) is 13.1 Å². The normalized spacial score (nSPS) is 16.0. The van der Waals surface area contributed by atoms with Crippen molar-refractivity contribution >= 4 is 17.2 Å². The van der Waals surface area contributed by atoms with E-state index in [1.165, 1.54) is 23.5 Å². The van der Waals surface area contributed by atoms with Gasteiger partial charge < -0.3 is 14.2 Å². The average Bonchev–Trinajstić information content (AvgIpc) is 3.55. The van der Waals surface area contributed by atoms with E-state index in [0.29, 0.717) is 48.3 Å². The van der Waals surface area contributed by atoms with Crippen molar-refractivity contribution in [1.29, 1.82) is 0 Å². The summed E-state index contributed by atoms with van der Waals surface area (Å²) in [6.45, 7) is 1.50. The van der Waals surface area contributed by atoms with Crippen LogP contribution in [0.2, 0.25) is 0 Å². The molecule has 1 saturated heterocycles. The topological polar surface area (TPSA) is 81.4 Å². The maximum absolute atomic E-state index is 13.5. The molecule has 1 aliphatic rings. The summed E-state index contributed by atoms with van der Waals surface area (Å²) in [5.74, 6) is 0.945. The summed E-state index contributed by atoms with van der Waals surface area (Å²) in [6, 6.07) is 13.3. The molecule has 0 spiro atoms. The first kappa shape index (κ1) is 21.3. The zero-order valence-electron chi connectivity index (χ0n) is 17.7. The lowest BCUT2D eigenvalue weighted by atomic mass is 9.97. The number of nitrogens with zero attached hydrogens (tertiary/aromatic N) is 4. The predicted molar refractivity (Wildman–Crippen MR) is 120 cm³/mol. The summed E-state index contributed by atoms with van der Waals surface area (Å²) in [7, 11) is 0. The molecule has 3 heterocycles. The van der Waals surface area contributed by atoms with Gasteiger partial charge in [0.05, 0.1) is 17.1 Å². The fourth-order valence-corrected chi connectivity index (χ4v) is 4.42. The lowest BCUT2D eigenvalue weighted by Gasteiger charge is -2.31. The molecule has 4 aromatic rings. The lowest BCUT2D eigenvalue weighted by molar-refractivity contribution is 0.0695. The monoisotopic (exact) mass is 464 g/mol. The molecule has 168 valence electrons. The van der Waals surface area contributed by atoms with Gasteiger partial charge in [-0.1, -0.05) is 23.4 Å². The number of carbonyl (C=O) groups excluding carboxylic acids is 1. The largest absolute Gasteiger partial charge is 0.487 e. The van der Waals surface area contributed by atoms with E-state index in [0.717, 1.165) is 18.5 Å². The maximum atomic E-state index is 13.5. The second-order valence-electron chi connectivity index (χ2n) is 7.85. The third kappa shape index (κ3) is 4.93. The highest BCUT2D eigenvalue weighted by atomic mass is 32.1. The molecule has 5 rings (SSSR count). The number of ether oxygens (including phenoxy) is 1. The van der Waals surface area contributed by atoms with Gasteiger partial charge in [0.2, 0.25) is 11.7 Å². The van der Waals surface area contributed by atoms with Crippen LogP contribution in [0.3, 0.4) is 0 Å². The number of thiazole rings is 1.